The lowest BCUT2D eigenvalue weighted by Crippen LogP contribution is -2.06. The number of hydrogen-bond donors (Lipinski definition) is 1. The van der Waals surface area contributed by atoms with Crippen LogP contribution in [0.4, 0.5) is 13.2 Å². The third-order valence-electron chi connectivity index (χ3n) is 1.48. The minimum atomic E-state index is -4.39. The van der Waals surface area contributed by atoms with Gasteiger partial charge < -0.3 is 0 Å². The van der Waals surface area contributed by atoms with Gasteiger partial charge in [-0.3, -0.25) is 9.78 Å². The molecule has 1 aromatic heterocycles. The van der Waals surface area contributed by atoms with Crippen molar-refractivity contribution in [3.63, 3.8) is 0 Å². The van der Waals surface area contributed by atoms with Crippen LogP contribution in [0.25, 0.3) is 0 Å². The largest absolute Gasteiger partial charge is 0.417 e. The average Bonchev–Trinajstić information content (AvgIpc) is 2.02. The number of aromatic nitrogens is 1. The van der Waals surface area contributed by atoms with Gasteiger partial charge in [0, 0.05) is 11.9 Å². The lowest BCUT2D eigenvalue weighted by atomic mass is 10.2. The van der Waals surface area contributed by atoms with E-state index in [-0.39, 0.29) is 12.1 Å². The maximum absolute atomic E-state index is 12.1. The fourth-order valence-electron chi connectivity index (χ4n) is 0.852. The predicted octanol–water partition coefficient (Wildman–Crippen LogP) is 2.10. The molecule has 6 heteroatoms. The Morgan fingerprint density at radius 1 is 1.43 bits per heavy atom. The molecule has 0 N–H and O–H groups in total. The molecule has 1 rings (SSSR count). The van der Waals surface area contributed by atoms with Crippen LogP contribution in [0.2, 0.25) is 0 Å². The van der Waals surface area contributed by atoms with E-state index in [2.05, 4.69) is 17.6 Å². The van der Waals surface area contributed by atoms with Gasteiger partial charge in [-0.1, -0.05) is 0 Å². The number of rotatable bonds is 2. The van der Waals surface area contributed by atoms with Crippen LogP contribution in [0.1, 0.15) is 11.3 Å². The number of pyridine rings is 1. The van der Waals surface area contributed by atoms with Crippen molar-refractivity contribution in [2.75, 3.05) is 0 Å². The monoisotopic (exact) mass is 221 g/mol. The molecule has 1 heterocycles. The summed E-state index contributed by atoms with van der Waals surface area (Å²) < 4.78 is 36.2. The summed E-state index contributed by atoms with van der Waals surface area (Å²) >= 11 is 3.49. The molecule has 0 atom stereocenters. The Kier molecular flexibility index (Phi) is 3.15. The maximum atomic E-state index is 12.1. The lowest BCUT2D eigenvalue weighted by Gasteiger charge is -2.05. The predicted molar refractivity (Wildman–Crippen MR) is 46.9 cm³/mol. The van der Waals surface area contributed by atoms with Crippen LogP contribution < -0.4 is 0 Å². The molecule has 0 saturated heterocycles. The molecular formula is C8H6F3NOS. The van der Waals surface area contributed by atoms with Crippen LogP contribution in [0.3, 0.4) is 0 Å². The zero-order valence-corrected chi connectivity index (χ0v) is 7.77. The molecule has 76 valence electrons. The highest BCUT2D eigenvalue weighted by Crippen LogP contribution is 2.28. The van der Waals surface area contributed by atoms with Crippen molar-refractivity contribution in [3.05, 3.63) is 29.6 Å². The van der Waals surface area contributed by atoms with Gasteiger partial charge >= 0.3 is 6.18 Å². The molecule has 0 aromatic carbocycles. The van der Waals surface area contributed by atoms with E-state index in [1.54, 1.807) is 0 Å². The van der Waals surface area contributed by atoms with Gasteiger partial charge in [0.2, 0.25) is 0 Å². The molecule has 0 aliphatic heterocycles. The van der Waals surface area contributed by atoms with Crippen LogP contribution in [-0.2, 0) is 17.4 Å². The highest BCUT2D eigenvalue weighted by atomic mass is 32.1. The summed E-state index contributed by atoms with van der Waals surface area (Å²) in [4.78, 5) is 14.0. The van der Waals surface area contributed by atoms with Crippen molar-refractivity contribution in [2.24, 2.45) is 0 Å². The smallest absolute Gasteiger partial charge is 0.287 e. The first-order valence-corrected chi connectivity index (χ1v) is 4.08. The average molecular weight is 221 g/mol. The molecule has 0 spiro atoms. The van der Waals surface area contributed by atoms with Crippen molar-refractivity contribution in [2.45, 2.75) is 12.6 Å². The van der Waals surface area contributed by atoms with Gasteiger partial charge in [-0.15, -0.1) is 12.6 Å². The minimum absolute atomic E-state index is 0.0682. The Hall–Kier alpha value is -1.04. The van der Waals surface area contributed by atoms with Crippen molar-refractivity contribution in [1.82, 2.24) is 4.98 Å². The molecule has 0 aliphatic rings. The number of carbonyl (C=O) groups is 1. The number of alkyl halides is 3. The Bertz CT molecular complexity index is 333. The van der Waals surface area contributed by atoms with E-state index in [1.165, 1.54) is 0 Å². The van der Waals surface area contributed by atoms with Gasteiger partial charge in [-0.25, -0.2) is 0 Å². The minimum Gasteiger partial charge on any atom is -0.287 e. The van der Waals surface area contributed by atoms with E-state index < -0.39 is 16.9 Å². The molecule has 0 saturated carbocycles. The fourth-order valence-corrected chi connectivity index (χ4v) is 1.01. The van der Waals surface area contributed by atoms with E-state index in [9.17, 15) is 18.0 Å². The van der Waals surface area contributed by atoms with Crippen molar-refractivity contribution < 1.29 is 18.0 Å². The lowest BCUT2D eigenvalue weighted by molar-refractivity contribution is -0.137. The zero-order valence-electron chi connectivity index (χ0n) is 6.88. The second-order valence-electron chi connectivity index (χ2n) is 2.61. The van der Waals surface area contributed by atoms with E-state index in [1.807, 2.05) is 0 Å². The summed E-state index contributed by atoms with van der Waals surface area (Å²) in [6.45, 7) is 0. The topological polar surface area (TPSA) is 30.0 Å². The number of thiol groups is 1. The van der Waals surface area contributed by atoms with Gasteiger partial charge in [0.1, 0.15) is 0 Å². The highest BCUT2D eigenvalue weighted by molar-refractivity contribution is 7.96. The van der Waals surface area contributed by atoms with E-state index in [0.717, 1.165) is 12.1 Å². The van der Waals surface area contributed by atoms with E-state index in [4.69, 9.17) is 0 Å². The van der Waals surface area contributed by atoms with Crippen LogP contribution in [0.5, 0.6) is 0 Å². The second-order valence-corrected chi connectivity index (χ2v) is 3.11. The summed E-state index contributed by atoms with van der Waals surface area (Å²) in [7, 11) is 0. The Labute approximate surface area is 83.6 Å². The highest BCUT2D eigenvalue weighted by Gasteiger charge is 2.30. The number of nitrogens with zero attached hydrogens (tertiary/aromatic N) is 1. The summed E-state index contributed by atoms with van der Waals surface area (Å²) in [6, 6.07) is 2.05. The Morgan fingerprint density at radius 2 is 2.07 bits per heavy atom. The molecule has 0 amide bonds. The second kappa shape index (κ2) is 4.00. The molecule has 0 radical (unpaired) electrons. The third kappa shape index (κ3) is 3.02. The Morgan fingerprint density at radius 3 is 2.43 bits per heavy atom. The van der Waals surface area contributed by atoms with Gasteiger partial charge in [0.15, 0.2) is 5.12 Å². The normalized spacial score (nSPS) is 11.4. The van der Waals surface area contributed by atoms with Crippen LogP contribution in [0.15, 0.2) is 18.3 Å². The van der Waals surface area contributed by atoms with Crippen LogP contribution >= 0.6 is 12.6 Å². The summed E-state index contributed by atoms with van der Waals surface area (Å²) in [6.07, 6.45) is -3.76. The van der Waals surface area contributed by atoms with E-state index >= 15 is 0 Å². The first kappa shape index (κ1) is 11.0. The summed E-state index contributed by atoms with van der Waals surface area (Å²) in [5.41, 5.74) is -0.550. The van der Waals surface area contributed by atoms with Crippen molar-refractivity contribution >= 4 is 17.7 Å². The van der Waals surface area contributed by atoms with Crippen LogP contribution in [0, 0.1) is 0 Å². The number of hydrogen-bond acceptors (Lipinski definition) is 2. The molecule has 1 aromatic rings. The first-order chi connectivity index (χ1) is 6.39. The quantitative estimate of drug-likeness (QED) is 0.775. The Balaban J connectivity index is 2.84. The summed E-state index contributed by atoms with van der Waals surface area (Å²) in [5.74, 6) is 0. The first-order valence-electron chi connectivity index (χ1n) is 3.63. The van der Waals surface area contributed by atoms with Gasteiger partial charge in [0.25, 0.3) is 0 Å². The van der Waals surface area contributed by atoms with Gasteiger partial charge in [-0.2, -0.15) is 13.2 Å². The molecular weight excluding hydrogens is 215 g/mol. The van der Waals surface area contributed by atoms with E-state index in [0.29, 0.717) is 6.20 Å². The van der Waals surface area contributed by atoms with Gasteiger partial charge in [-0.05, 0) is 12.1 Å². The molecule has 2 nitrogen and oxygen atoms in total. The molecule has 14 heavy (non-hydrogen) atoms. The fraction of sp³-hybridized carbons (Fsp3) is 0.250. The number of halogens is 3. The maximum Gasteiger partial charge on any atom is 0.417 e. The zero-order chi connectivity index (χ0) is 10.8. The summed E-state index contributed by atoms with van der Waals surface area (Å²) in [5, 5.41) is -0.433. The molecule has 0 fully saturated rings. The SMILES string of the molecule is O=C(S)Cc1ccc(C(F)(F)F)cn1. The van der Waals surface area contributed by atoms with Crippen molar-refractivity contribution in [3.8, 4) is 0 Å². The molecule has 0 aliphatic carbocycles. The number of carbonyl (C=O) groups excluding carboxylic acids is 1. The molecule has 0 unspecified atom stereocenters. The van der Waals surface area contributed by atoms with Gasteiger partial charge in [0.05, 0.1) is 12.0 Å². The van der Waals surface area contributed by atoms with Crippen LogP contribution in [-0.4, -0.2) is 10.1 Å². The van der Waals surface area contributed by atoms with Crippen molar-refractivity contribution in [1.29, 1.82) is 0 Å². The standard InChI is InChI=1S/C8H6F3NOS/c9-8(10,11)5-1-2-6(12-4-5)3-7(13)14/h1-2,4H,3H2,(H,13,14). The third-order valence-corrected chi connectivity index (χ3v) is 1.64. The molecule has 0 bridgehead atoms.